The molecule has 0 aliphatic rings. The molecule has 8 N–H and O–H groups in total. The molecule has 0 aromatic rings. The number of nitrogens with zero attached hydrogens (tertiary/aromatic N) is 1. The van der Waals surface area contributed by atoms with E-state index < -0.39 is 5.09 Å². The van der Waals surface area contributed by atoms with Crippen LogP contribution >= 0.6 is 0 Å². The van der Waals surface area contributed by atoms with Crippen LogP contribution in [0.25, 0.3) is 0 Å². The van der Waals surface area contributed by atoms with E-state index in [0.29, 0.717) is 0 Å². The minimum absolute atomic E-state index is 0. The van der Waals surface area contributed by atoms with Crippen molar-refractivity contribution in [3.05, 3.63) is 15.3 Å². The fourth-order valence-corrected chi connectivity index (χ4v) is 0. The van der Waals surface area contributed by atoms with Crippen LogP contribution in [0, 0.1) is 15.3 Å². The molecule has 0 atom stereocenters. The summed E-state index contributed by atoms with van der Waals surface area (Å²) < 4.78 is 0. The van der Waals surface area contributed by atoms with Crippen molar-refractivity contribution in [1.82, 2.24) is 0 Å². The average Bonchev–Trinajstić information content (AvgIpc) is 0.811. The van der Waals surface area contributed by atoms with Crippen LogP contribution in [0.2, 0.25) is 0 Å². The van der Waals surface area contributed by atoms with E-state index in [4.69, 9.17) is 15.3 Å². The van der Waals surface area contributed by atoms with Crippen molar-refractivity contribution in [1.29, 1.82) is 0 Å². The van der Waals surface area contributed by atoms with Crippen LogP contribution < -0.4 is 0 Å². The molecular formula is H8AlNO7+2. The zero-order valence-electron chi connectivity index (χ0n) is 4.25. The largest absolute Gasteiger partial charge is 3.00 e. The van der Waals surface area contributed by atoms with Crippen LogP contribution in [-0.4, -0.2) is 44.4 Å². The molecule has 56 valence electrons. The molecule has 0 aromatic carbocycles. The molecule has 9 heavy (non-hydrogen) atoms. The van der Waals surface area contributed by atoms with Gasteiger partial charge in [-0.15, -0.1) is 0 Å². The predicted molar refractivity (Wildman–Crippen MR) is 30.6 cm³/mol. The first kappa shape index (κ1) is 74.3. The Labute approximate surface area is 60.6 Å². The zero-order chi connectivity index (χ0) is 3.58. The normalized spacial score (nSPS) is 2.67. The van der Waals surface area contributed by atoms with Crippen molar-refractivity contribution in [3.63, 3.8) is 0 Å². The number of hydrogen-bond acceptors (Lipinski definition) is 3. The SMILES string of the molecule is O.O.O.O.O=[N+]([O-])[O-].[Al+3]. The maximum Gasteiger partial charge on any atom is 3.00 e. The Morgan fingerprint density at radius 3 is 0.889 bits per heavy atom. The molecule has 0 unspecified atom stereocenters. The quantitative estimate of drug-likeness (QED) is 0.199. The van der Waals surface area contributed by atoms with Gasteiger partial charge < -0.3 is 37.2 Å². The molecule has 0 aliphatic heterocycles. The van der Waals surface area contributed by atoms with Crippen LogP contribution in [0.5, 0.6) is 0 Å². The Hall–Kier alpha value is -0.428. The van der Waals surface area contributed by atoms with Crippen LogP contribution in [0.3, 0.4) is 0 Å². The summed E-state index contributed by atoms with van der Waals surface area (Å²) in [5.74, 6) is 0. The van der Waals surface area contributed by atoms with E-state index in [2.05, 4.69) is 0 Å². The van der Waals surface area contributed by atoms with Crippen LogP contribution in [0.15, 0.2) is 0 Å². The van der Waals surface area contributed by atoms with Crippen molar-refractivity contribution in [2.24, 2.45) is 0 Å². The second-order valence-corrected chi connectivity index (χ2v) is 0.224. The van der Waals surface area contributed by atoms with Gasteiger partial charge in [-0.1, -0.05) is 0 Å². The molecule has 0 amide bonds. The first-order valence-corrected chi connectivity index (χ1v) is 0.548. The third kappa shape index (κ3) is 1290. The summed E-state index contributed by atoms with van der Waals surface area (Å²) in [5.41, 5.74) is 0. The molecule has 0 saturated carbocycles. The minimum Gasteiger partial charge on any atom is -0.412 e. The fourth-order valence-electron chi connectivity index (χ4n) is 0. The first-order valence-electron chi connectivity index (χ1n) is 0.548. The van der Waals surface area contributed by atoms with Crippen LogP contribution in [-0.2, 0) is 0 Å². The molecule has 0 bridgehead atoms. The predicted octanol–water partition coefficient (Wildman–Crippen LogP) is -3.92. The number of hydrogen-bond donors (Lipinski definition) is 0. The van der Waals surface area contributed by atoms with Crippen LogP contribution in [0.4, 0.5) is 0 Å². The molecule has 8 nitrogen and oxygen atoms in total. The summed E-state index contributed by atoms with van der Waals surface area (Å²) in [7, 11) is 0. The summed E-state index contributed by atoms with van der Waals surface area (Å²) in [6, 6.07) is 0. The Morgan fingerprint density at radius 2 is 0.889 bits per heavy atom. The summed E-state index contributed by atoms with van der Waals surface area (Å²) >= 11 is 0. The second-order valence-electron chi connectivity index (χ2n) is 0.224. The molecular weight excluding hydrogens is 153 g/mol. The summed E-state index contributed by atoms with van der Waals surface area (Å²) in [6.07, 6.45) is 0. The second kappa shape index (κ2) is 49.4. The molecule has 0 radical (unpaired) electrons. The third-order valence-corrected chi connectivity index (χ3v) is 0. The topological polar surface area (TPSA) is 192 Å². The third-order valence-electron chi connectivity index (χ3n) is 0. The molecule has 0 rings (SSSR count). The molecule has 0 saturated heterocycles. The van der Waals surface area contributed by atoms with Gasteiger partial charge in [0.25, 0.3) is 0 Å². The Morgan fingerprint density at radius 1 is 0.889 bits per heavy atom. The van der Waals surface area contributed by atoms with Crippen molar-refractivity contribution < 1.29 is 27.0 Å². The van der Waals surface area contributed by atoms with Crippen molar-refractivity contribution in [2.45, 2.75) is 0 Å². The monoisotopic (exact) mass is 161 g/mol. The van der Waals surface area contributed by atoms with E-state index in [9.17, 15) is 0 Å². The minimum atomic E-state index is -1.75. The van der Waals surface area contributed by atoms with Gasteiger partial charge in [0.15, 0.2) is 0 Å². The summed E-state index contributed by atoms with van der Waals surface area (Å²) in [5, 5.41) is 14.8. The Kier molecular flexibility index (Phi) is 408. The first-order chi connectivity index (χ1) is 1.73. The van der Waals surface area contributed by atoms with Crippen molar-refractivity contribution in [2.75, 3.05) is 0 Å². The Bertz CT molecular complexity index is 31.9. The van der Waals surface area contributed by atoms with Gasteiger partial charge in [0.1, 0.15) is 0 Å². The molecule has 0 aromatic heterocycles. The van der Waals surface area contributed by atoms with Gasteiger partial charge in [-0.2, -0.15) is 0 Å². The van der Waals surface area contributed by atoms with Gasteiger partial charge in [0, 0.05) is 0 Å². The Balaban J connectivity index is -0.00000000450. The van der Waals surface area contributed by atoms with Gasteiger partial charge in [-0.25, -0.2) is 0 Å². The smallest absolute Gasteiger partial charge is 0.412 e. The standard InChI is InChI=1S/Al.NO3.4H2O/c;2-1(3)4;;;;/h;;4*1H2/q+3;-1;;;;. The average molecular weight is 161 g/mol. The molecule has 0 spiro atoms. The van der Waals surface area contributed by atoms with Gasteiger partial charge >= 0.3 is 17.4 Å². The van der Waals surface area contributed by atoms with E-state index in [1.807, 2.05) is 0 Å². The summed E-state index contributed by atoms with van der Waals surface area (Å²) in [4.78, 5) is 8.25. The van der Waals surface area contributed by atoms with Gasteiger partial charge in [-0.05, 0) is 0 Å². The van der Waals surface area contributed by atoms with Gasteiger partial charge in [-0.3, -0.25) is 0 Å². The zero-order valence-corrected chi connectivity index (χ0v) is 5.40. The number of rotatable bonds is 0. The molecule has 0 heterocycles. The van der Waals surface area contributed by atoms with E-state index in [1.165, 1.54) is 0 Å². The van der Waals surface area contributed by atoms with Crippen molar-refractivity contribution in [3.8, 4) is 0 Å². The van der Waals surface area contributed by atoms with E-state index >= 15 is 0 Å². The molecule has 0 fully saturated rings. The van der Waals surface area contributed by atoms with Crippen LogP contribution in [0.1, 0.15) is 0 Å². The van der Waals surface area contributed by atoms with E-state index in [1.54, 1.807) is 0 Å². The maximum atomic E-state index is 8.25. The van der Waals surface area contributed by atoms with Crippen molar-refractivity contribution >= 4 is 17.4 Å². The molecule has 0 aliphatic carbocycles. The fraction of sp³-hybridized carbons (Fsp3) is 0. The van der Waals surface area contributed by atoms with Gasteiger partial charge in [0.05, 0.1) is 5.09 Å². The van der Waals surface area contributed by atoms with E-state index in [0.717, 1.165) is 0 Å². The van der Waals surface area contributed by atoms with E-state index in [-0.39, 0.29) is 39.3 Å². The maximum absolute atomic E-state index is 8.25. The van der Waals surface area contributed by atoms with Gasteiger partial charge in [0.2, 0.25) is 0 Å². The summed E-state index contributed by atoms with van der Waals surface area (Å²) in [6.45, 7) is 0. The molecule has 9 heteroatoms.